The Morgan fingerprint density at radius 1 is 1.11 bits per heavy atom. The van der Waals surface area contributed by atoms with E-state index >= 15 is 0 Å². The number of carbonyl (C=O) groups excluding carboxylic acids is 1. The van der Waals surface area contributed by atoms with Crippen molar-refractivity contribution in [3.8, 4) is 11.4 Å². The number of benzene rings is 1. The number of pyridine rings is 1. The highest BCUT2D eigenvalue weighted by Crippen LogP contribution is 2.20. The number of aryl methyl sites for hydroxylation is 1. The number of amides is 2. The molecule has 1 aromatic carbocycles. The van der Waals surface area contributed by atoms with Gasteiger partial charge in [-0.3, -0.25) is 4.98 Å². The largest absolute Gasteiger partial charge is 0.368 e. The number of nitrogens with one attached hydrogen (secondary N) is 1. The first-order valence-electron chi connectivity index (χ1n) is 9.32. The Kier molecular flexibility index (Phi) is 5.14. The van der Waals surface area contributed by atoms with Gasteiger partial charge in [0.15, 0.2) is 0 Å². The maximum atomic E-state index is 12.6. The third kappa shape index (κ3) is 3.93. The number of tetrazole rings is 1. The maximum absolute atomic E-state index is 12.6. The molecule has 9 heteroatoms. The Hall–Kier alpha value is -3.49. The van der Waals surface area contributed by atoms with Gasteiger partial charge >= 0.3 is 6.03 Å². The van der Waals surface area contributed by atoms with Crippen LogP contribution in [0, 0.1) is 0 Å². The predicted molar refractivity (Wildman–Crippen MR) is 106 cm³/mol. The molecule has 0 bridgehead atoms. The number of anilines is 2. The quantitative estimate of drug-likeness (QED) is 0.748. The van der Waals surface area contributed by atoms with E-state index in [4.69, 9.17) is 0 Å². The first-order chi connectivity index (χ1) is 13.7. The minimum Gasteiger partial charge on any atom is -0.368 e. The lowest BCUT2D eigenvalue weighted by Gasteiger charge is -2.36. The smallest absolute Gasteiger partial charge is 0.321 e. The molecule has 0 unspecified atom stereocenters. The van der Waals surface area contributed by atoms with Crippen LogP contribution < -0.4 is 10.2 Å². The summed E-state index contributed by atoms with van der Waals surface area (Å²) < 4.78 is 0. The van der Waals surface area contributed by atoms with Crippen molar-refractivity contribution in [1.29, 1.82) is 0 Å². The lowest BCUT2D eigenvalue weighted by molar-refractivity contribution is 0.208. The summed E-state index contributed by atoms with van der Waals surface area (Å²) in [4.78, 5) is 22.3. The fourth-order valence-corrected chi connectivity index (χ4v) is 3.15. The summed E-state index contributed by atoms with van der Waals surface area (Å²) in [5, 5.41) is 15.3. The molecule has 3 heterocycles. The van der Waals surface area contributed by atoms with Gasteiger partial charge in [-0.2, -0.15) is 4.80 Å². The Balaban J connectivity index is 1.37. The van der Waals surface area contributed by atoms with Crippen LogP contribution in [0.25, 0.3) is 11.4 Å². The zero-order chi connectivity index (χ0) is 19.3. The van der Waals surface area contributed by atoms with Crippen molar-refractivity contribution < 1.29 is 4.79 Å². The number of aromatic nitrogens is 5. The van der Waals surface area contributed by atoms with Crippen LogP contribution in [-0.2, 0) is 6.54 Å². The zero-order valence-corrected chi connectivity index (χ0v) is 15.7. The number of carbonyl (C=O) groups is 1. The molecule has 144 valence electrons. The van der Waals surface area contributed by atoms with Gasteiger partial charge in [0, 0.05) is 55.5 Å². The van der Waals surface area contributed by atoms with Crippen molar-refractivity contribution in [3.63, 3.8) is 0 Å². The van der Waals surface area contributed by atoms with E-state index < -0.39 is 0 Å². The van der Waals surface area contributed by atoms with E-state index in [0.717, 1.165) is 24.3 Å². The Labute approximate surface area is 163 Å². The summed E-state index contributed by atoms with van der Waals surface area (Å²) >= 11 is 0. The molecule has 0 aliphatic carbocycles. The van der Waals surface area contributed by atoms with Crippen LogP contribution in [0.3, 0.4) is 0 Å². The molecule has 1 fully saturated rings. The average Bonchev–Trinajstić information content (AvgIpc) is 3.24. The molecule has 9 nitrogen and oxygen atoms in total. The molecule has 0 spiro atoms. The lowest BCUT2D eigenvalue weighted by atomic mass is 10.2. The second kappa shape index (κ2) is 8.03. The number of hydrogen-bond acceptors (Lipinski definition) is 6. The van der Waals surface area contributed by atoms with Crippen molar-refractivity contribution in [2.45, 2.75) is 13.5 Å². The molecule has 1 aliphatic heterocycles. The van der Waals surface area contributed by atoms with E-state index in [9.17, 15) is 4.79 Å². The molecule has 1 N–H and O–H groups in total. The van der Waals surface area contributed by atoms with Crippen LogP contribution in [0.5, 0.6) is 0 Å². The topological polar surface area (TPSA) is 92.1 Å². The maximum Gasteiger partial charge on any atom is 0.321 e. The van der Waals surface area contributed by atoms with Crippen LogP contribution in [-0.4, -0.2) is 62.3 Å². The third-order valence-corrected chi connectivity index (χ3v) is 4.70. The minimum absolute atomic E-state index is 0.100. The molecule has 2 aromatic heterocycles. The SMILES string of the molecule is CCn1nnc(-c2cccc(NC(=O)N3CCN(c4ccncc4)CC3)c2)n1. The summed E-state index contributed by atoms with van der Waals surface area (Å²) in [6.45, 7) is 5.54. The van der Waals surface area contributed by atoms with Gasteiger partial charge in [-0.05, 0) is 36.4 Å². The second-order valence-corrected chi connectivity index (χ2v) is 6.49. The normalized spacial score (nSPS) is 14.2. The first-order valence-corrected chi connectivity index (χ1v) is 9.32. The number of piperazine rings is 1. The summed E-state index contributed by atoms with van der Waals surface area (Å²) in [5.74, 6) is 0.545. The number of urea groups is 1. The van der Waals surface area contributed by atoms with E-state index in [1.807, 2.05) is 48.2 Å². The fourth-order valence-electron chi connectivity index (χ4n) is 3.15. The van der Waals surface area contributed by atoms with E-state index in [2.05, 4.69) is 30.6 Å². The highest BCUT2D eigenvalue weighted by atomic mass is 16.2. The monoisotopic (exact) mass is 378 g/mol. The van der Waals surface area contributed by atoms with Crippen LogP contribution >= 0.6 is 0 Å². The molecular weight excluding hydrogens is 356 g/mol. The van der Waals surface area contributed by atoms with Crippen molar-refractivity contribution in [2.75, 3.05) is 36.4 Å². The van der Waals surface area contributed by atoms with Gasteiger partial charge < -0.3 is 15.1 Å². The highest BCUT2D eigenvalue weighted by molar-refractivity contribution is 5.90. The molecule has 3 aromatic rings. The minimum atomic E-state index is -0.100. The van der Waals surface area contributed by atoms with Gasteiger partial charge in [0.2, 0.25) is 5.82 Å². The van der Waals surface area contributed by atoms with E-state index in [1.54, 1.807) is 12.4 Å². The summed E-state index contributed by atoms with van der Waals surface area (Å²) in [6, 6.07) is 11.4. The van der Waals surface area contributed by atoms with E-state index in [-0.39, 0.29) is 6.03 Å². The summed E-state index contributed by atoms with van der Waals surface area (Å²) in [7, 11) is 0. The van der Waals surface area contributed by atoms with Crippen molar-refractivity contribution >= 4 is 17.4 Å². The molecule has 28 heavy (non-hydrogen) atoms. The number of nitrogens with zero attached hydrogens (tertiary/aromatic N) is 7. The first kappa shape index (κ1) is 17.9. The fraction of sp³-hybridized carbons (Fsp3) is 0.316. The summed E-state index contributed by atoms with van der Waals surface area (Å²) in [5.41, 5.74) is 2.67. The van der Waals surface area contributed by atoms with Gasteiger partial charge in [-0.25, -0.2) is 4.79 Å². The Morgan fingerprint density at radius 3 is 2.61 bits per heavy atom. The van der Waals surface area contributed by atoms with Gasteiger partial charge in [0.1, 0.15) is 0 Å². The number of hydrogen-bond donors (Lipinski definition) is 1. The Bertz CT molecular complexity index is 934. The van der Waals surface area contributed by atoms with Gasteiger partial charge in [-0.1, -0.05) is 12.1 Å². The van der Waals surface area contributed by atoms with Gasteiger partial charge in [0.05, 0.1) is 6.54 Å². The molecule has 4 rings (SSSR count). The van der Waals surface area contributed by atoms with Gasteiger partial charge in [0.25, 0.3) is 0 Å². The van der Waals surface area contributed by atoms with Crippen LogP contribution in [0.1, 0.15) is 6.92 Å². The van der Waals surface area contributed by atoms with Crippen LogP contribution in [0.4, 0.5) is 16.2 Å². The van der Waals surface area contributed by atoms with Crippen LogP contribution in [0.2, 0.25) is 0 Å². The third-order valence-electron chi connectivity index (χ3n) is 4.70. The molecule has 0 saturated carbocycles. The highest BCUT2D eigenvalue weighted by Gasteiger charge is 2.21. The van der Waals surface area contributed by atoms with Crippen LogP contribution in [0.15, 0.2) is 48.8 Å². The Morgan fingerprint density at radius 2 is 1.89 bits per heavy atom. The molecule has 1 aliphatic rings. The average molecular weight is 378 g/mol. The predicted octanol–water partition coefficient (Wildman–Crippen LogP) is 2.11. The zero-order valence-electron chi connectivity index (χ0n) is 15.7. The second-order valence-electron chi connectivity index (χ2n) is 6.49. The lowest BCUT2D eigenvalue weighted by Crippen LogP contribution is -2.50. The molecule has 1 saturated heterocycles. The van der Waals surface area contributed by atoms with E-state index in [1.165, 1.54) is 4.80 Å². The van der Waals surface area contributed by atoms with E-state index in [0.29, 0.717) is 31.1 Å². The number of rotatable bonds is 4. The van der Waals surface area contributed by atoms with Gasteiger partial charge in [-0.15, -0.1) is 10.2 Å². The van der Waals surface area contributed by atoms with Crippen molar-refractivity contribution in [2.24, 2.45) is 0 Å². The molecule has 2 amide bonds. The van der Waals surface area contributed by atoms with Crippen molar-refractivity contribution in [3.05, 3.63) is 48.8 Å². The van der Waals surface area contributed by atoms with Crippen molar-refractivity contribution in [1.82, 2.24) is 30.1 Å². The molecule has 0 atom stereocenters. The summed E-state index contributed by atoms with van der Waals surface area (Å²) in [6.07, 6.45) is 3.57. The standard InChI is InChI=1S/C19H22N8O/c1-2-27-23-18(22-24-27)15-4-3-5-16(14-15)21-19(28)26-12-10-25(11-13-26)17-6-8-20-9-7-17/h3-9,14H,2,10-13H2,1H3,(H,21,28). The molecule has 0 radical (unpaired) electrons. The molecular formula is C19H22N8O.